The predicted octanol–water partition coefficient (Wildman–Crippen LogP) is 2.51. The van der Waals surface area contributed by atoms with Gasteiger partial charge in [-0.1, -0.05) is 12.1 Å². The molecule has 0 bridgehead atoms. The number of hydrogen-bond donors (Lipinski definition) is 1. The number of benzene rings is 1. The highest BCUT2D eigenvalue weighted by atomic mass is 35.5. The number of hydrogen-bond acceptors (Lipinski definition) is 3. The third kappa shape index (κ3) is 5.39. The number of alkyl halides is 1. The second-order valence-electron chi connectivity index (χ2n) is 3.85. The van der Waals surface area contributed by atoms with Crippen molar-refractivity contribution in [2.75, 3.05) is 16.4 Å². The molecule has 0 amide bonds. The van der Waals surface area contributed by atoms with Gasteiger partial charge in [-0.3, -0.25) is 4.72 Å². The van der Waals surface area contributed by atoms with Crippen LogP contribution in [0, 0.1) is 11.3 Å². The van der Waals surface area contributed by atoms with Crippen molar-refractivity contribution in [1.29, 1.82) is 5.26 Å². The fourth-order valence-corrected chi connectivity index (χ4v) is 2.77. The maximum absolute atomic E-state index is 11.7. The zero-order valence-corrected chi connectivity index (χ0v) is 11.5. The summed E-state index contributed by atoms with van der Waals surface area (Å²) in [4.78, 5) is 0. The van der Waals surface area contributed by atoms with Crippen LogP contribution < -0.4 is 4.72 Å². The summed E-state index contributed by atoms with van der Waals surface area (Å²) in [5, 5.41) is 8.52. The second kappa shape index (κ2) is 7.24. The first kappa shape index (κ1) is 14.8. The zero-order chi connectivity index (χ0) is 13.4. The van der Waals surface area contributed by atoms with Gasteiger partial charge in [-0.2, -0.15) is 5.26 Å². The fourth-order valence-electron chi connectivity index (χ4n) is 1.40. The fraction of sp³-hybridized carbons (Fsp3) is 0.417. The lowest BCUT2D eigenvalue weighted by Gasteiger charge is -2.07. The van der Waals surface area contributed by atoms with Crippen LogP contribution in [0.15, 0.2) is 24.3 Å². The molecular formula is C12H15ClN2O2S. The average molecular weight is 287 g/mol. The summed E-state index contributed by atoms with van der Waals surface area (Å²) < 4.78 is 25.9. The van der Waals surface area contributed by atoms with Crippen molar-refractivity contribution in [3.63, 3.8) is 0 Å². The summed E-state index contributed by atoms with van der Waals surface area (Å²) in [7, 11) is -3.31. The molecule has 0 aliphatic rings. The minimum Gasteiger partial charge on any atom is -0.284 e. The van der Waals surface area contributed by atoms with Gasteiger partial charge in [0.2, 0.25) is 10.0 Å². The lowest BCUT2D eigenvalue weighted by atomic mass is 10.1. The van der Waals surface area contributed by atoms with E-state index in [2.05, 4.69) is 4.72 Å². The molecule has 0 aliphatic heterocycles. The smallest absolute Gasteiger partial charge is 0.232 e. The van der Waals surface area contributed by atoms with Gasteiger partial charge in [-0.05, 0) is 30.5 Å². The van der Waals surface area contributed by atoms with Gasteiger partial charge >= 0.3 is 0 Å². The maximum Gasteiger partial charge on any atom is 0.232 e. The van der Waals surface area contributed by atoms with Gasteiger partial charge in [0, 0.05) is 11.6 Å². The summed E-state index contributed by atoms with van der Waals surface area (Å²) in [6, 6.07) is 8.82. The number of nitrogens with one attached hydrogen (secondary N) is 1. The first-order valence-corrected chi connectivity index (χ1v) is 7.78. The van der Waals surface area contributed by atoms with Crippen molar-refractivity contribution < 1.29 is 8.42 Å². The van der Waals surface area contributed by atoms with E-state index < -0.39 is 10.0 Å². The SMILES string of the molecule is N#CCc1ccc(NS(=O)(=O)CCCCCl)cc1. The molecule has 0 saturated carbocycles. The highest BCUT2D eigenvalue weighted by Crippen LogP contribution is 2.12. The van der Waals surface area contributed by atoms with Crippen LogP contribution in [0.2, 0.25) is 0 Å². The standard InChI is InChI=1S/C12H15ClN2O2S/c13-8-1-2-10-18(16,17)15-12-5-3-11(4-6-12)7-9-14/h3-6,15H,1-2,7-8,10H2. The van der Waals surface area contributed by atoms with Gasteiger partial charge in [-0.15, -0.1) is 11.6 Å². The Labute approximate surface area is 113 Å². The van der Waals surface area contributed by atoms with Crippen molar-refractivity contribution in [2.45, 2.75) is 19.3 Å². The Morgan fingerprint density at radius 1 is 1.22 bits per heavy atom. The predicted molar refractivity (Wildman–Crippen MR) is 73.1 cm³/mol. The van der Waals surface area contributed by atoms with Gasteiger partial charge in [0.15, 0.2) is 0 Å². The maximum atomic E-state index is 11.7. The Morgan fingerprint density at radius 3 is 2.44 bits per heavy atom. The quantitative estimate of drug-likeness (QED) is 0.618. The number of anilines is 1. The Balaban J connectivity index is 2.58. The molecule has 0 radical (unpaired) electrons. The highest BCUT2D eigenvalue weighted by Gasteiger charge is 2.09. The van der Waals surface area contributed by atoms with Crippen LogP contribution in [-0.4, -0.2) is 20.1 Å². The summed E-state index contributed by atoms with van der Waals surface area (Å²) in [6.45, 7) is 0. The van der Waals surface area contributed by atoms with Crippen LogP contribution in [0.3, 0.4) is 0 Å². The lowest BCUT2D eigenvalue weighted by Crippen LogP contribution is -2.16. The summed E-state index contributed by atoms with van der Waals surface area (Å²) in [5.74, 6) is 0.540. The largest absolute Gasteiger partial charge is 0.284 e. The van der Waals surface area contributed by atoms with Gasteiger partial charge in [0.1, 0.15) is 0 Å². The van der Waals surface area contributed by atoms with E-state index in [0.717, 1.165) is 5.56 Å². The van der Waals surface area contributed by atoms with Crippen molar-refractivity contribution in [2.24, 2.45) is 0 Å². The third-order valence-electron chi connectivity index (χ3n) is 2.31. The van der Waals surface area contributed by atoms with Gasteiger partial charge < -0.3 is 0 Å². The number of nitrogens with zero attached hydrogens (tertiary/aromatic N) is 1. The number of unbranched alkanes of at least 4 members (excludes halogenated alkanes) is 1. The zero-order valence-electron chi connectivity index (χ0n) is 9.89. The van der Waals surface area contributed by atoms with Gasteiger partial charge in [0.05, 0.1) is 18.2 Å². The molecule has 1 N–H and O–H groups in total. The van der Waals surface area contributed by atoms with E-state index in [1.807, 2.05) is 6.07 Å². The first-order valence-electron chi connectivity index (χ1n) is 5.60. The molecule has 6 heteroatoms. The van der Waals surface area contributed by atoms with Crippen molar-refractivity contribution >= 4 is 27.3 Å². The molecule has 0 saturated heterocycles. The van der Waals surface area contributed by atoms with Crippen molar-refractivity contribution in [3.05, 3.63) is 29.8 Å². The van der Waals surface area contributed by atoms with Crippen molar-refractivity contribution in [1.82, 2.24) is 0 Å². The molecule has 18 heavy (non-hydrogen) atoms. The van der Waals surface area contributed by atoms with Gasteiger partial charge in [0.25, 0.3) is 0 Å². The molecule has 0 heterocycles. The van der Waals surface area contributed by atoms with Crippen molar-refractivity contribution in [3.8, 4) is 6.07 Å². The number of halogens is 1. The molecule has 1 aromatic rings. The number of sulfonamides is 1. The molecule has 0 aromatic heterocycles. The summed E-state index contributed by atoms with van der Waals surface area (Å²) in [5.41, 5.74) is 1.38. The van der Waals surface area contributed by atoms with E-state index in [1.54, 1.807) is 24.3 Å². The molecule has 1 aromatic carbocycles. The molecule has 0 atom stereocenters. The summed E-state index contributed by atoms with van der Waals surface area (Å²) >= 11 is 5.50. The van der Waals surface area contributed by atoms with E-state index in [0.29, 0.717) is 30.8 Å². The normalized spacial score (nSPS) is 10.9. The molecule has 0 aliphatic carbocycles. The molecule has 98 valence electrons. The summed E-state index contributed by atoms with van der Waals surface area (Å²) in [6.07, 6.45) is 1.55. The van der Waals surface area contributed by atoms with E-state index in [-0.39, 0.29) is 5.75 Å². The highest BCUT2D eigenvalue weighted by molar-refractivity contribution is 7.92. The topological polar surface area (TPSA) is 70.0 Å². The molecular weight excluding hydrogens is 272 g/mol. The Hall–Kier alpha value is -1.25. The van der Waals surface area contributed by atoms with E-state index in [9.17, 15) is 8.42 Å². The van der Waals surface area contributed by atoms with Crippen LogP contribution in [0.5, 0.6) is 0 Å². The number of rotatable bonds is 7. The average Bonchev–Trinajstić information content (AvgIpc) is 2.32. The Morgan fingerprint density at radius 2 is 1.89 bits per heavy atom. The monoisotopic (exact) mass is 286 g/mol. The second-order valence-corrected chi connectivity index (χ2v) is 6.07. The Bertz CT molecular complexity index is 506. The molecule has 4 nitrogen and oxygen atoms in total. The minimum atomic E-state index is -3.31. The third-order valence-corrected chi connectivity index (χ3v) is 3.95. The van der Waals surface area contributed by atoms with Gasteiger partial charge in [-0.25, -0.2) is 8.42 Å². The number of nitriles is 1. The van der Waals surface area contributed by atoms with Crippen LogP contribution in [0.4, 0.5) is 5.69 Å². The van der Waals surface area contributed by atoms with Crippen LogP contribution >= 0.6 is 11.6 Å². The molecule has 0 fully saturated rings. The Kier molecular flexibility index (Phi) is 5.96. The first-order chi connectivity index (χ1) is 8.57. The van der Waals surface area contributed by atoms with E-state index >= 15 is 0 Å². The van der Waals surface area contributed by atoms with E-state index in [4.69, 9.17) is 16.9 Å². The van der Waals surface area contributed by atoms with Crippen LogP contribution in [-0.2, 0) is 16.4 Å². The van der Waals surface area contributed by atoms with Crippen LogP contribution in [0.1, 0.15) is 18.4 Å². The lowest BCUT2D eigenvalue weighted by molar-refractivity contribution is 0.598. The van der Waals surface area contributed by atoms with E-state index in [1.165, 1.54) is 0 Å². The van der Waals surface area contributed by atoms with Crippen LogP contribution in [0.25, 0.3) is 0 Å². The molecule has 0 spiro atoms. The molecule has 0 unspecified atom stereocenters. The molecule has 1 rings (SSSR count). The minimum absolute atomic E-state index is 0.0691.